The van der Waals surface area contributed by atoms with Crippen LogP contribution in [0.1, 0.15) is 13.8 Å². The molecule has 0 aromatic carbocycles. The smallest absolute Gasteiger partial charge is 0.0784 e. The van der Waals surface area contributed by atoms with E-state index in [4.69, 9.17) is 5.90 Å². The molecule has 0 bridgehead atoms. The van der Waals surface area contributed by atoms with E-state index in [0.29, 0.717) is 0 Å². The average molecular weight is 102 g/mol. The van der Waals surface area contributed by atoms with Crippen LogP contribution < -0.4 is 5.90 Å². The van der Waals surface area contributed by atoms with Gasteiger partial charge in [-0.2, -0.15) is 0 Å². The largest absolute Gasteiger partial charge is 0.301 e. The molecule has 43 valence electrons. The van der Waals surface area contributed by atoms with E-state index in [0.717, 1.165) is 0 Å². The van der Waals surface area contributed by atoms with Gasteiger partial charge in [0.15, 0.2) is 0 Å². The summed E-state index contributed by atoms with van der Waals surface area (Å²) in [6, 6.07) is 0. The first-order valence-electron chi connectivity index (χ1n) is 2.37. The van der Waals surface area contributed by atoms with E-state index < -0.39 is 0 Å². The van der Waals surface area contributed by atoms with Crippen molar-refractivity contribution in [3.8, 4) is 0 Å². The van der Waals surface area contributed by atoms with E-state index in [1.165, 1.54) is 0 Å². The molecular weight excluding hydrogens is 90.1 g/mol. The van der Waals surface area contributed by atoms with Gasteiger partial charge in [-0.05, 0) is 19.8 Å². The van der Waals surface area contributed by atoms with Gasteiger partial charge in [0.2, 0.25) is 0 Å². The highest BCUT2D eigenvalue weighted by Gasteiger charge is 2.03. The summed E-state index contributed by atoms with van der Waals surface area (Å²) in [4.78, 5) is 4.45. The van der Waals surface area contributed by atoms with Gasteiger partial charge in [0, 0.05) is 0 Å². The normalized spacial score (nSPS) is 15.0. The van der Waals surface area contributed by atoms with Crippen LogP contribution in [0.3, 0.4) is 0 Å². The molecule has 0 aromatic heterocycles. The maximum Gasteiger partial charge on any atom is 0.0784 e. The number of hydrogen-bond acceptors (Lipinski definition) is 2. The molecule has 0 aliphatic heterocycles. The maximum absolute atomic E-state index is 4.83. The predicted octanol–water partition coefficient (Wildman–Crippen LogP) is 0.735. The molecule has 0 spiro atoms. The van der Waals surface area contributed by atoms with Gasteiger partial charge >= 0.3 is 0 Å². The molecule has 2 atom stereocenters. The molecular formula is C5H12NO. The molecule has 0 aliphatic carbocycles. The summed E-state index contributed by atoms with van der Waals surface area (Å²) in [5.74, 6) is 5.10. The van der Waals surface area contributed by atoms with Crippen molar-refractivity contribution in [1.29, 1.82) is 0 Å². The molecule has 1 radical (unpaired) electrons. The minimum Gasteiger partial charge on any atom is -0.301 e. The van der Waals surface area contributed by atoms with Crippen molar-refractivity contribution in [1.82, 2.24) is 0 Å². The lowest BCUT2D eigenvalue weighted by Crippen LogP contribution is -2.19. The minimum absolute atomic E-state index is 0.0694. The van der Waals surface area contributed by atoms with Crippen molar-refractivity contribution in [2.75, 3.05) is 0 Å². The van der Waals surface area contributed by atoms with E-state index in [1.807, 2.05) is 13.8 Å². The van der Waals surface area contributed by atoms with Crippen LogP contribution in [-0.4, -0.2) is 6.10 Å². The highest BCUT2D eigenvalue weighted by Crippen LogP contribution is 2.00. The standard InChI is InChI=1S/C5H12NO/c1-4(2)5(3)7-6/h4-5H,1,6H2,2-3H3. The second kappa shape index (κ2) is 2.99. The van der Waals surface area contributed by atoms with Crippen LogP contribution in [0.4, 0.5) is 0 Å². The van der Waals surface area contributed by atoms with Gasteiger partial charge in [-0.15, -0.1) is 0 Å². The van der Waals surface area contributed by atoms with Crippen LogP contribution in [0, 0.1) is 12.8 Å². The first-order valence-corrected chi connectivity index (χ1v) is 2.37. The van der Waals surface area contributed by atoms with Crippen LogP contribution in [0.5, 0.6) is 0 Å². The third kappa shape index (κ3) is 2.60. The van der Waals surface area contributed by atoms with Gasteiger partial charge < -0.3 is 4.84 Å². The van der Waals surface area contributed by atoms with Gasteiger partial charge in [-0.25, -0.2) is 5.90 Å². The quantitative estimate of drug-likeness (QED) is 0.522. The van der Waals surface area contributed by atoms with E-state index in [1.54, 1.807) is 0 Å². The molecule has 2 nitrogen and oxygen atoms in total. The zero-order valence-corrected chi connectivity index (χ0v) is 4.85. The summed E-state index contributed by atoms with van der Waals surface area (Å²) < 4.78 is 0. The Morgan fingerprint density at radius 1 is 1.57 bits per heavy atom. The van der Waals surface area contributed by atoms with Gasteiger partial charge in [-0.1, -0.05) is 6.92 Å². The second-order valence-electron chi connectivity index (χ2n) is 1.82. The minimum atomic E-state index is 0.0694. The SMILES string of the molecule is [CH2]C(C)C(C)ON. The highest BCUT2D eigenvalue weighted by molar-refractivity contribution is 4.60. The monoisotopic (exact) mass is 102 g/mol. The van der Waals surface area contributed by atoms with Crippen LogP contribution in [0.25, 0.3) is 0 Å². The molecule has 7 heavy (non-hydrogen) atoms. The fourth-order valence-corrected chi connectivity index (χ4v) is 0.134. The molecule has 0 heterocycles. The van der Waals surface area contributed by atoms with E-state index in [2.05, 4.69) is 11.8 Å². The van der Waals surface area contributed by atoms with E-state index in [-0.39, 0.29) is 12.0 Å². The third-order valence-electron chi connectivity index (χ3n) is 1.02. The van der Waals surface area contributed by atoms with Crippen LogP contribution in [0.2, 0.25) is 0 Å². The lowest BCUT2D eigenvalue weighted by molar-refractivity contribution is 0.0421. The summed E-state index contributed by atoms with van der Waals surface area (Å²) in [6.45, 7) is 7.55. The van der Waals surface area contributed by atoms with Gasteiger partial charge in [0.05, 0.1) is 6.10 Å². The van der Waals surface area contributed by atoms with Crippen LogP contribution in [-0.2, 0) is 4.84 Å². The third-order valence-corrected chi connectivity index (χ3v) is 1.02. The van der Waals surface area contributed by atoms with Gasteiger partial charge in [0.1, 0.15) is 0 Å². The van der Waals surface area contributed by atoms with Crippen molar-refractivity contribution in [2.45, 2.75) is 20.0 Å². The molecule has 0 amide bonds. The predicted molar refractivity (Wildman–Crippen MR) is 29.3 cm³/mol. The van der Waals surface area contributed by atoms with Crippen molar-refractivity contribution in [3.63, 3.8) is 0 Å². The highest BCUT2D eigenvalue weighted by atomic mass is 16.6. The molecule has 2 N–H and O–H groups in total. The summed E-state index contributed by atoms with van der Waals surface area (Å²) in [5.41, 5.74) is 0. The first kappa shape index (κ1) is 6.92. The zero-order chi connectivity index (χ0) is 5.86. The van der Waals surface area contributed by atoms with Crippen molar-refractivity contribution in [2.24, 2.45) is 11.8 Å². The van der Waals surface area contributed by atoms with Crippen LogP contribution >= 0.6 is 0 Å². The summed E-state index contributed by atoms with van der Waals surface area (Å²) in [7, 11) is 0. The molecule has 2 heteroatoms. The lowest BCUT2D eigenvalue weighted by atomic mass is 10.1. The maximum atomic E-state index is 4.83. The zero-order valence-electron chi connectivity index (χ0n) is 4.85. The Kier molecular flexibility index (Phi) is 2.96. The Hall–Kier alpha value is -0.0800. The molecule has 2 unspecified atom stereocenters. The number of hydrogen-bond donors (Lipinski definition) is 1. The molecule has 0 saturated heterocycles. The Bertz CT molecular complexity index is 45.3. The number of rotatable bonds is 2. The van der Waals surface area contributed by atoms with E-state index in [9.17, 15) is 0 Å². The molecule has 0 aromatic rings. The summed E-state index contributed by atoms with van der Waals surface area (Å²) in [6.07, 6.45) is 0.0694. The lowest BCUT2D eigenvalue weighted by Gasteiger charge is -2.10. The first-order chi connectivity index (χ1) is 3.18. The molecule has 0 saturated carbocycles. The molecule has 0 rings (SSSR count). The number of nitrogens with two attached hydrogens (primary N) is 1. The molecule has 0 fully saturated rings. The Morgan fingerprint density at radius 3 is 2.00 bits per heavy atom. The fourth-order valence-electron chi connectivity index (χ4n) is 0.134. The summed E-state index contributed by atoms with van der Waals surface area (Å²) >= 11 is 0. The van der Waals surface area contributed by atoms with Crippen molar-refractivity contribution >= 4 is 0 Å². The Morgan fingerprint density at radius 2 is 2.00 bits per heavy atom. The van der Waals surface area contributed by atoms with Gasteiger partial charge in [-0.3, -0.25) is 0 Å². The fraction of sp³-hybridized carbons (Fsp3) is 0.800. The Labute approximate surface area is 44.6 Å². The van der Waals surface area contributed by atoms with Crippen molar-refractivity contribution < 1.29 is 4.84 Å². The van der Waals surface area contributed by atoms with E-state index >= 15 is 0 Å². The second-order valence-corrected chi connectivity index (χ2v) is 1.82. The summed E-state index contributed by atoms with van der Waals surface area (Å²) in [5, 5.41) is 0. The average Bonchev–Trinajstić information content (AvgIpc) is 1.65. The van der Waals surface area contributed by atoms with Gasteiger partial charge in [0.25, 0.3) is 0 Å². The topological polar surface area (TPSA) is 35.2 Å². The van der Waals surface area contributed by atoms with Crippen LogP contribution in [0.15, 0.2) is 0 Å². The molecule has 0 aliphatic rings. The van der Waals surface area contributed by atoms with Crippen molar-refractivity contribution in [3.05, 3.63) is 6.92 Å². The Balaban J connectivity index is 3.14.